The lowest BCUT2D eigenvalue weighted by molar-refractivity contribution is 0.0855. The summed E-state index contributed by atoms with van der Waals surface area (Å²) in [5.41, 5.74) is 1.26. The van der Waals surface area contributed by atoms with Crippen LogP contribution in [0, 0.1) is 5.92 Å². The number of ether oxygens (including phenoxy) is 1. The standard InChI is InChI=1S/C18H29NO2/c1-3-19-14(2)16-8-10-18(11-9-16)21-13-17(20)12-15-6-4-5-7-15/h8-11,14-15,17,19-20H,3-7,12-13H2,1-2H3. The SMILES string of the molecule is CCNC(C)c1ccc(OCC(O)CC2CCCC2)cc1. The highest BCUT2D eigenvalue weighted by Gasteiger charge is 2.19. The molecule has 0 bridgehead atoms. The maximum absolute atomic E-state index is 10.0. The van der Waals surface area contributed by atoms with Gasteiger partial charge in [0, 0.05) is 6.04 Å². The summed E-state index contributed by atoms with van der Waals surface area (Å²) in [5, 5.41) is 13.4. The maximum atomic E-state index is 10.0. The van der Waals surface area contributed by atoms with Crippen LogP contribution in [0.15, 0.2) is 24.3 Å². The molecule has 1 aromatic rings. The second-order valence-corrected chi connectivity index (χ2v) is 6.20. The maximum Gasteiger partial charge on any atom is 0.119 e. The van der Waals surface area contributed by atoms with Crippen LogP contribution in [0.25, 0.3) is 0 Å². The first-order valence-electron chi connectivity index (χ1n) is 8.33. The highest BCUT2D eigenvalue weighted by atomic mass is 16.5. The molecule has 0 saturated heterocycles. The number of aliphatic hydroxyl groups is 1. The van der Waals surface area contributed by atoms with Crippen molar-refractivity contribution in [3.63, 3.8) is 0 Å². The van der Waals surface area contributed by atoms with Gasteiger partial charge in [-0.3, -0.25) is 0 Å². The molecule has 118 valence electrons. The van der Waals surface area contributed by atoms with E-state index < -0.39 is 0 Å². The van der Waals surface area contributed by atoms with Crippen LogP contribution in [0.4, 0.5) is 0 Å². The molecule has 1 fully saturated rings. The second kappa shape index (κ2) is 8.40. The minimum absolute atomic E-state index is 0.339. The van der Waals surface area contributed by atoms with E-state index in [0.29, 0.717) is 18.6 Å². The van der Waals surface area contributed by atoms with Crippen molar-refractivity contribution >= 4 is 0 Å². The Hall–Kier alpha value is -1.06. The number of aliphatic hydroxyl groups excluding tert-OH is 1. The molecule has 3 heteroatoms. The van der Waals surface area contributed by atoms with Crippen LogP contribution < -0.4 is 10.1 Å². The van der Waals surface area contributed by atoms with Gasteiger partial charge in [0.1, 0.15) is 12.4 Å². The summed E-state index contributed by atoms with van der Waals surface area (Å²) in [4.78, 5) is 0. The van der Waals surface area contributed by atoms with Gasteiger partial charge in [0.05, 0.1) is 6.10 Å². The zero-order valence-corrected chi connectivity index (χ0v) is 13.3. The highest BCUT2D eigenvalue weighted by molar-refractivity contribution is 5.28. The van der Waals surface area contributed by atoms with E-state index in [0.717, 1.165) is 18.7 Å². The zero-order valence-electron chi connectivity index (χ0n) is 13.3. The molecule has 2 rings (SSSR count). The summed E-state index contributed by atoms with van der Waals surface area (Å²) in [6.45, 7) is 5.63. The van der Waals surface area contributed by atoms with Gasteiger partial charge in [-0.15, -0.1) is 0 Å². The van der Waals surface area contributed by atoms with Gasteiger partial charge in [0.2, 0.25) is 0 Å². The Morgan fingerprint density at radius 1 is 1.24 bits per heavy atom. The van der Waals surface area contributed by atoms with Crippen LogP contribution in [0.2, 0.25) is 0 Å². The summed E-state index contributed by atoms with van der Waals surface area (Å²) >= 11 is 0. The first-order valence-corrected chi connectivity index (χ1v) is 8.33. The molecule has 0 amide bonds. The van der Waals surface area contributed by atoms with Crippen molar-refractivity contribution in [2.75, 3.05) is 13.2 Å². The lowest BCUT2D eigenvalue weighted by atomic mass is 10.0. The molecule has 0 spiro atoms. The van der Waals surface area contributed by atoms with Gasteiger partial charge in [0.15, 0.2) is 0 Å². The first kappa shape index (κ1) is 16.3. The summed E-state index contributed by atoms with van der Waals surface area (Å²) in [5.74, 6) is 1.54. The van der Waals surface area contributed by atoms with Crippen LogP contribution in [0.5, 0.6) is 5.75 Å². The molecule has 1 aliphatic rings. The third kappa shape index (κ3) is 5.33. The van der Waals surface area contributed by atoms with E-state index in [1.165, 1.54) is 31.2 Å². The molecule has 1 aromatic carbocycles. The minimum atomic E-state index is -0.339. The van der Waals surface area contributed by atoms with Crippen molar-refractivity contribution in [2.24, 2.45) is 5.92 Å². The fourth-order valence-electron chi connectivity index (χ4n) is 3.17. The average Bonchev–Trinajstić information content (AvgIpc) is 2.99. The summed E-state index contributed by atoms with van der Waals surface area (Å²) in [7, 11) is 0. The molecular formula is C18H29NO2. The van der Waals surface area contributed by atoms with E-state index in [-0.39, 0.29) is 6.10 Å². The van der Waals surface area contributed by atoms with Crippen molar-refractivity contribution in [1.29, 1.82) is 0 Å². The molecule has 1 aliphatic carbocycles. The number of hydrogen-bond acceptors (Lipinski definition) is 3. The normalized spacial score (nSPS) is 18.6. The smallest absolute Gasteiger partial charge is 0.119 e. The van der Waals surface area contributed by atoms with Crippen LogP contribution in [0.3, 0.4) is 0 Å². The topological polar surface area (TPSA) is 41.5 Å². The van der Waals surface area contributed by atoms with E-state index in [9.17, 15) is 5.11 Å². The van der Waals surface area contributed by atoms with E-state index >= 15 is 0 Å². The number of nitrogens with one attached hydrogen (secondary N) is 1. The Balaban J connectivity index is 1.74. The molecule has 0 aromatic heterocycles. The summed E-state index contributed by atoms with van der Waals surface area (Å²) in [6.07, 6.45) is 5.74. The van der Waals surface area contributed by atoms with Gasteiger partial charge in [-0.25, -0.2) is 0 Å². The monoisotopic (exact) mass is 291 g/mol. The quantitative estimate of drug-likeness (QED) is 0.768. The Kier molecular flexibility index (Phi) is 6.52. The minimum Gasteiger partial charge on any atom is -0.491 e. The highest BCUT2D eigenvalue weighted by Crippen LogP contribution is 2.28. The van der Waals surface area contributed by atoms with Gasteiger partial charge in [-0.1, -0.05) is 44.7 Å². The molecule has 1 saturated carbocycles. The molecule has 0 aliphatic heterocycles. The second-order valence-electron chi connectivity index (χ2n) is 6.20. The van der Waals surface area contributed by atoms with Crippen molar-refractivity contribution < 1.29 is 9.84 Å². The number of rotatable bonds is 8. The third-order valence-corrected chi connectivity index (χ3v) is 4.41. The lowest BCUT2D eigenvalue weighted by Crippen LogP contribution is -2.20. The molecule has 21 heavy (non-hydrogen) atoms. The van der Waals surface area contributed by atoms with E-state index in [4.69, 9.17) is 4.74 Å². The van der Waals surface area contributed by atoms with Crippen molar-refractivity contribution in [3.8, 4) is 5.75 Å². The van der Waals surface area contributed by atoms with Crippen LogP contribution in [-0.4, -0.2) is 24.4 Å². The number of benzene rings is 1. The van der Waals surface area contributed by atoms with Crippen molar-refractivity contribution in [1.82, 2.24) is 5.32 Å². The van der Waals surface area contributed by atoms with Gasteiger partial charge in [-0.2, -0.15) is 0 Å². The molecule has 2 atom stereocenters. The lowest BCUT2D eigenvalue weighted by Gasteiger charge is -2.17. The molecule has 3 nitrogen and oxygen atoms in total. The fourth-order valence-corrected chi connectivity index (χ4v) is 3.17. The molecular weight excluding hydrogens is 262 g/mol. The van der Waals surface area contributed by atoms with Gasteiger partial charge in [0.25, 0.3) is 0 Å². The largest absolute Gasteiger partial charge is 0.491 e. The molecule has 2 N–H and O–H groups in total. The van der Waals surface area contributed by atoms with Crippen LogP contribution in [-0.2, 0) is 0 Å². The summed E-state index contributed by atoms with van der Waals surface area (Å²) in [6, 6.07) is 8.52. The predicted octanol–water partition coefficient (Wildman–Crippen LogP) is 3.68. The molecule has 2 unspecified atom stereocenters. The molecule has 0 heterocycles. The van der Waals surface area contributed by atoms with Crippen molar-refractivity contribution in [3.05, 3.63) is 29.8 Å². The van der Waals surface area contributed by atoms with Crippen LogP contribution in [0.1, 0.15) is 57.6 Å². The van der Waals surface area contributed by atoms with E-state index in [1.807, 2.05) is 12.1 Å². The Morgan fingerprint density at radius 2 is 1.90 bits per heavy atom. The van der Waals surface area contributed by atoms with Gasteiger partial charge < -0.3 is 15.2 Å². The Labute approximate surface area is 128 Å². The van der Waals surface area contributed by atoms with Gasteiger partial charge >= 0.3 is 0 Å². The molecule has 0 radical (unpaired) electrons. The zero-order chi connectivity index (χ0) is 15.1. The Morgan fingerprint density at radius 3 is 2.52 bits per heavy atom. The number of hydrogen-bond donors (Lipinski definition) is 2. The Bertz CT molecular complexity index is 398. The predicted molar refractivity (Wildman–Crippen MR) is 86.6 cm³/mol. The van der Waals surface area contributed by atoms with Crippen LogP contribution >= 0.6 is 0 Å². The average molecular weight is 291 g/mol. The van der Waals surface area contributed by atoms with Gasteiger partial charge in [-0.05, 0) is 43.5 Å². The van der Waals surface area contributed by atoms with E-state index in [1.54, 1.807) is 0 Å². The van der Waals surface area contributed by atoms with E-state index in [2.05, 4.69) is 31.3 Å². The van der Waals surface area contributed by atoms with Crippen molar-refractivity contribution in [2.45, 2.75) is 58.1 Å². The fraction of sp³-hybridized carbons (Fsp3) is 0.667. The third-order valence-electron chi connectivity index (χ3n) is 4.41. The first-order chi connectivity index (χ1) is 10.2. The summed E-state index contributed by atoms with van der Waals surface area (Å²) < 4.78 is 5.70.